The van der Waals surface area contributed by atoms with Crippen molar-refractivity contribution in [3.63, 3.8) is 0 Å². The Hall–Kier alpha value is -1.66. The van der Waals surface area contributed by atoms with Crippen molar-refractivity contribution in [2.75, 3.05) is 19.7 Å². The Morgan fingerprint density at radius 2 is 2.00 bits per heavy atom. The van der Waals surface area contributed by atoms with Crippen LogP contribution in [0.2, 0.25) is 0 Å². The van der Waals surface area contributed by atoms with E-state index in [1.54, 1.807) is 19.1 Å². The van der Waals surface area contributed by atoms with Crippen LogP contribution >= 0.6 is 12.4 Å². The summed E-state index contributed by atoms with van der Waals surface area (Å²) in [6.45, 7) is 6.10. The normalized spacial score (nSPS) is 18.7. The van der Waals surface area contributed by atoms with Gasteiger partial charge in [0.1, 0.15) is 5.82 Å². The van der Waals surface area contributed by atoms with Crippen LogP contribution in [-0.4, -0.2) is 31.6 Å². The third-order valence-electron chi connectivity index (χ3n) is 4.93. The number of rotatable bonds is 8. The fraction of sp³-hybridized carbons (Fsp3) is 0.600. The number of nitrogens with one attached hydrogen (secondary N) is 2. The SMILES string of the molecule is CCOC(=O)CC(NC(=O)CC(C)C1CCCNC1)c1ccc(F)cc1.Cl. The quantitative estimate of drug-likeness (QED) is 0.656. The van der Waals surface area contributed by atoms with E-state index in [1.165, 1.54) is 12.1 Å². The first-order valence-electron chi connectivity index (χ1n) is 9.40. The van der Waals surface area contributed by atoms with Crippen LogP contribution < -0.4 is 10.6 Å². The molecule has 1 heterocycles. The van der Waals surface area contributed by atoms with E-state index in [2.05, 4.69) is 17.6 Å². The first kappa shape index (κ1) is 23.4. The van der Waals surface area contributed by atoms with Crippen molar-refractivity contribution in [1.82, 2.24) is 10.6 Å². The van der Waals surface area contributed by atoms with E-state index in [9.17, 15) is 14.0 Å². The highest BCUT2D eigenvalue weighted by molar-refractivity contribution is 5.85. The predicted molar refractivity (Wildman–Crippen MR) is 105 cm³/mol. The third-order valence-corrected chi connectivity index (χ3v) is 4.93. The van der Waals surface area contributed by atoms with Crippen molar-refractivity contribution in [1.29, 1.82) is 0 Å². The molecule has 0 saturated carbocycles. The van der Waals surface area contributed by atoms with Crippen LogP contribution in [0.1, 0.15) is 51.1 Å². The van der Waals surface area contributed by atoms with E-state index < -0.39 is 6.04 Å². The van der Waals surface area contributed by atoms with Crippen molar-refractivity contribution >= 4 is 24.3 Å². The van der Waals surface area contributed by atoms with Crippen LogP contribution in [-0.2, 0) is 14.3 Å². The molecule has 0 radical (unpaired) electrons. The summed E-state index contributed by atoms with van der Waals surface area (Å²) < 4.78 is 18.2. The van der Waals surface area contributed by atoms with E-state index in [1.807, 2.05) is 0 Å². The van der Waals surface area contributed by atoms with Crippen LogP contribution in [0.4, 0.5) is 4.39 Å². The summed E-state index contributed by atoms with van der Waals surface area (Å²) in [4.78, 5) is 24.4. The molecule has 1 aromatic carbocycles. The fourth-order valence-electron chi connectivity index (χ4n) is 3.41. The number of esters is 1. The first-order valence-corrected chi connectivity index (χ1v) is 9.40. The topological polar surface area (TPSA) is 67.4 Å². The molecule has 1 aromatic rings. The number of carbonyl (C=O) groups is 2. The van der Waals surface area contributed by atoms with E-state index in [4.69, 9.17) is 4.74 Å². The van der Waals surface area contributed by atoms with E-state index in [0.29, 0.717) is 17.9 Å². The third kappa shape index (κ3) is 7.85. The Morgan fingerprint density at radius 3 is 2.59 bits per heavy atom. The molecule has 1 saturated heterocycles. The standard InChI is InChI=1S/C20H29FN2O3.ClH/c1-3-26-20(25)12-18(15-6-8-17(21)9-7-15)23-19(24)11-14(2)16-5-4-10-22-13-16;/h6-9,14,16,18,22H,3-5,10-13H2,1-2H3,(H,23,24);1H. The number of hydrogen-bond donors (Lipinski definition) is 2. The van der Waals surface area contributed by atoms with Crippen molar-refractivity contribution in [3.05, 3.63) is 35.6 Å². The molecule has 7 heteroatoms. The molecular weight excluding hydrogens is 371 g/mol. The molecule has 3 atom stereocenters. The minimum atomic E-state index is -0.515. The highest BCUT2D eigenvalue weighted by Gasteiger charge is 2.24. The maximum atomic E-state index is 13.2. The van der Waals surface area contributed by atoms with Gasteiger partial charge in [0.15, 0.2) is 0 Å². The molecule has 2 N–H and O–H groups in total. The number of halogens is 2. The fourth-order valence-corrected chi connectivity index (χ4v) is 3.41. The van der Waals surface area contributed by atoms with Gasteiger partial charge >= 0.3 is 5.97 Å². The molecule has 1 fully saturated rings. The number of amides is 1. The molecule has 152 valence electrons. The summed E-state index contributed by atoms with van der Waals surface area (Å²) in [5.74, 6) is -0.0789. The van der Waals surface area contributed by atoms with Crippen LogP contribution in [0.5, 0.6) is 0 Å². The molecule has 1 aliphatic heterocycles. The van der Waals surface area contributed by atoms with E-state index in [0.717, 1.165) is 25.9 Å². The minimum absolute atomic E-state index is 0. The molecule has 1 amide bonds. The lowest BCUT2D eigenvalue weighted by atomic mass is 9.85. The van der Waals surface area contributed by atoms with Gasteiger partial charge in [0.2, 0.25) is 5.91 Å². The smallest absolute Gasteiger partial charge is 0.308 e. The Morgan fingerprint density at radius 1 is 1.30 bits per heavy atom. The second-order valence-electron chi connectivity index (χ2n) is 6.97. The molecule has 0 aromatic heterocycles. The van der Waals surface area contributed by atoms with Gasteiger partial charge in [-0.25, -0.2) is 4.39 Å². The lowest BCUT2D eigenvalue weighted by molar-refractivity contribution is -0.143. The van der Waals surface area contributed by atoms with Crippen LogP contribution in [0.15, 0.2) is 24.3 Å². The second-order valence-corrected chi connectivity index (χ2v) is 6.97. The molecule has 1 aliphatic rings. The highest BCUT2D eigenvalue weighted by Crippen LogP contribution is 2.24. The van der Waals surface area contributed by atoms with Gasteiger partial charge in [-0.05, 0) is 62.4 Å². The Labute approximate surface area is 166 Å². The van der Waals surface area contributed by atoms with Crippen molar-refractivity contribution in [2.45, 2.75) is 45.6 Å². The van der Waals surface area contributed by atoms with Crippen LogP contribution in [0.3, 0.4) is 0 Å². The summed E-state index contributed by atoms with van der Waals surface area (Å²) in [6, 6.07) is 5.33. The second kappa shape index (κ2) is 11.9. The van der Waals surface area contributed by atoms with Gasteiger partial charge in [-0.3, -0.25) is 9.59 Å². The van der Waals surface area contributed by atoms with Crippen LogP contribution in [0, 0.1) is 17.7 Å². The largest absolute Gasteiger partial charge is 0.466 e. The van der Waals surface area contributed by atoms with Crippen molar-refractivity contribution < 1.29 is 18.7 Å². The van der Waals surface area contributed by atoms with Gasteiger partial charge in [0, 0.05) is 6.42 Å². The molecular formula is C20H30ClFN2O3. The summed E-state index contributed by atoms with van der Waals surface area (Å²) in [7, 11) is 0. The maximum absolute atomic E-state index is 13.2. The van der Waals surface area contributed by atoms with Gasteiger partial charge in [0.25, 0.3) is 0 Å². The van der Waals surface area contributed by atoms with Gasteiger partial charge in [-0.2, -0.15) is 0 Å². The Kier molecular flexibility index (Phi) is 10.3. The number of ether oxygens (including phenoxy) is 1. The zero-order chi connectivity index (χ0) is 18.9. The summed E-state index contributed by atoms with van der Waals surface area (Å²) in [6.07, 6.45) is 2.71. The molecule has 0 aliphatic carbocycles. The Balaban J connectivity index is 0.00000364. The summed E-state index contributed by atoms with van der Waals surface area (Å²) >= 11 is 0. The lowest BCUT2D eigenvalue weighted by Crippen LogP contribution is -2.36. The average molecular weight is 401 g/mol. The van der Waals surface area contributed by atoms with Gasteiger partial charge < -0.3 is 15.4 Å². The lowest BCUT2D eigenvalue weighted by Gasteiger charge is -2.28. The maximum Gasteiger partial charge on any atom is 0.308 e. The number of benzene rings is 1. The summed E-state index contributed by atoms with van der Waals surface area (Å²) in [5.41, 5.74) is 0.694. The zero-order valence-corrected chi connectivity index (χ0v) is 16.8. The number of hydrogen-bond acceptors (Lipinski definition) is 4. The van der Waals surface area contributed by atoms with Gasteiger partial charge in [-0.15, -0.1) is 12.4 Å². The molecule has 0 spiro atoms. The molecule has 27 heavy (non-hydrogen) atoms. The number of piperidine rings is 1. The van der Waals surface area contributed by atoms with Crippen molar-refractivity contribution in [2.24, 2.45) is 11.8 Å². The van der Waals surface area contributed by atoms with E-state index >= 15 is 0 Å². The number of carbonyl (C=O) groups excluding carboxylic acids is 2. The highest BCUT2D eigenvalue weighted by atomic mass is 35.5. The zero-order valence-electron chi connectivity index (χ0n) is 16.0. The average Bonchev–Trinajstić information content (AvgIpc) is 2.62. The molecule has 3 unspecified atom stereocenters. The van der Waals surface area contributed by atoms with Crippen molar-refractivity contribution in [3.8, 4) is 0 Å². The first-order chi connectivity index (χ1) is 12.5. The monoisotopic (exact) mass is 400 g/mol. The van der Waals surface area contributed by atoms with Crippen LogP contribution in [0.25, 0.3) is 0 Å². The van der Waals surface area contributed by atoms with Gasteiger partial charge in [-0.1, -0.05) is 19.1 Å². The minimum Gasteiger partial charge on any atom is -0.466 e. The molecule has 0 bridgehead atoms. The molecule has 5 nitrogen and oxygen atoms in total. The molecule has 2 rings (SSSR count). The Bertz CT molecular complexity index is 591. The van der Waals surface area contributed by atoms with Gasteiger partial charge in [0.05, 0.1) is 19.1 Å². The van der Waals surface area contributed by atoms with E-state index in [-0.39, 0.29) is 49.0 Å². The predicted octanol–water partition coefficient (Wildman–Crippen LogP) is 3.38. The summed E-state index contributed by atoms with van der Waals surface area (Å²) in [5, 5.41) is 6.30.